The van der Waals surface area contributed by atoms with Gasteiger partial charge in [-0.2, -0.15) is 0 Å². The van der Waals surface area contributed by atoms with E-state index < -0.39 is 0 Å². The van der Waals surface area contributed by atoms with Gasteiger partial charge in [0.2, 0.25) is 5.91 Å². The van der Waals surface area contributed by atoms with Crippen molar-refractivity contribution in [2.45, 2.75) is 52.0 Å². The van der Waals surface area contributed by atoms with Gasteiger partial charge in [-0.05, 0) is 44.6 Å². The highest BCUT2D eigenvalue weighted by Crippen LogP contribution is 2.28. The zero-order valence-electron chi connectivity index (χ0n) is 16.2. The molecule has 27 heavy (non-hydrogen) atoms. The summed E-state index contributed by atoms with van der Waals surface area (Å²) in [6.07, 6.45) is 6.65. The van der Waals surface area contributed by atoms with Crippen LogP contribution in [0.4, 0.5) is 0 Å². The van der Waals surface area contributed by atoms with Gasteiger partial charge in [0.05, 0.1) is 18.3 Å². The minimum Gasteiger partial charge on any atom is -0.342 e. The predicted octanol–water partition coefficient (Wildman–Crippen LogP) is 2.59. The van der Waals surface area contributed by atoms with E-state index in [1.807, 2.05) is 9.47 Å². The Morgan fingerprint density at radius 3 is 2.59 bits per heavy atom. The molecule has 0 saturated carbocycles. The number of likely N-dealkylation sites (tertiary alicyclic amines) is 2. The molecule has 1 amide bonds. The molecule has 0 radical (unpaired) electrons. The molecule has 0 atom stereocenters. The fraction of sp³-hybridized carbons (Fsp3) is 0.650. The summed E-state index contributed by atoms with van der Waals surface area (Å²) in [5.74, 6) is 0.257. The Hall–Kier alpha value is -1.73. The van der Waals surface area contributed by atoms with E-state index in [2.05, 4.69) is 23.7 Å². The van der Waals surface area contributed by atoms with Gasteiger partial charge in [0.1, 0.15) is 4.83 Å². The quantitative estimate of drug-likeness (QED) is 0.808. The fourth-order valence-electron chi connectivity index (χ4n) is 4.47. The van der Waals surface area contributed by atoms with Crippen molar-refractivity contribution >= 4 is 27.5 Å². The molecular formula is C20H28N4O2S. The minimum absolute atomic E-state index is 0.104. The van der Waals surface area contributed by atoms with Crippen molar-refractivity contribution in [1.82, 2.24) is 19.4 Å². The van der Waals surface area contributed by atoms with Crippen molar-refractivity contribution in [2.75, 3.05) is 32.7 Å². The SMILES string of the molecule is CCc1c(C)sc2ncn(C3CCN(CC(=O)N4CCCC4)CC3)c(=O)c12. The second kappa shape index (κ2) is 7.72. The van der Waals surface area contributed by atoms with Gasteiger partial charge >= 0.3 is 0 Å². The number of rotatable bonds is 4. The molecule has 4 heterocycles. The monoisotopic (exact) mass is 388 g/mol. The normalized spacial score (nSPS) is 19.3. The number of piperidine rings is 1. The smallest absolute Gasteiger partial charge is 0.262 e. The van der Waals surface area contributed by atoms with Crippen LogP contribution in [0.2, 0.25) is 0 Å². The zero-order valence-corrected chi connectivity index (χ0v) is 17.1. The fourth-order valence-corrected chi connectivity index (χ4v) is 5.54. The molecule has 6 nitrogen and oxygen atoms in total. The molecule has 2 aromatic rings. The first-order valence-electron chi connectivity index (χ1n) is 10.1. The van der Waals surface area contributed by atoms with Gasteiger partial charge in [0.25, 0.3) is 5.56 Å². The van der Waals surface area contributed by atoms with Crippen molar-refractivity contribution in [1.29, 1.82) is 0 Å². The number of fused-ring (bicyclic) bond motifs is 1. The summed E-state index contributed by atoms with van der Waals surface area (Å²) in [6.45, 7) is 8.23. The number of amides is 1. The summed E-state index contributed by atoms with van der Waals surface area (Å²) in [5.41, 5.74) is 1.25. The van der Waals surface area contributed by atoms with E-state index in [9.17, 15) is 9.59 Å². The first-order chi connectivity index (χ1) is 13.1. The van der Waals surface area contributed by atoms with E-state index in [1.165, 1.54) is 4.88 Å². The second-order valence-corrected chi connectivity index (χ2v) is 8.93. The number of nitrogens with zero attached hydrogens (tertiary/aromatic N) is 4. The minimum atomic E-state index is 0.104. The van der Waals surface area contributed by atoms with Crippen LogP contribution in [-0.4, -0.2) is 58.0 Å². The second-order valence-electron chi connectivity index (χ2n) is 7.72. The molecule has 0 unspecified atom stereocenters. The summed E-state index contributed by atoms with van der Waals surface area (Å²) in [7, 11) is 0. The first kappa shape index (κ1) is 18.6. The lowest BCUT2D eigenvalue weighted by atomic mass is 10.0. The van der Waals surface area contributed by atoms with Crippen molar-refractivity contribution < 1.29 is 4.79 Å². The number of aryl methyl sites for hydroxylation is 2. The molecule has 2 saturated heterocycles. The maximum absolute atomic E-state index is 13.1. The maximum Gasteiger partial charge on any atom is 0.262 e. The Morgan fingerprint density at radius 1 is 1.22 bits per heavy atom. The van der Waals surface area contributed by atoms with Crippen LogP contribution in [0.1, 0.15) is 49.1 Å². The first-order valence-corrected chi connectivity index (χ1v) is 10.9. The van der Waals surface area contributed by atoms with Crippen LogP contribution < -0.4 is 5.56 Å². The third-order valence-corrected chi connectivity index (χ3v) is 7.12. The van der Waals surface area contributed by atoms with Gasteiger partial charge in [0.15, 0.2) is 0 Å². The Bertz CT molecular complexity index is 889. The summed E-state index contributed by atoms with van der Waals surface area (Å²) in [4.78, 5) is 36.3. The number of carbonyl (C=O) groups is 1. The van der Waals surface area contributed by atoms with Crippen LogP contribution >= 0.6 is 11.3 Å². The van der Waals surface area contributed by atoms with E-state index >= 15 is 0 Å². The average Bonchev–Trinajstić information content (AvgIpc) is 3.30. The summed E-state index contributed by atoms with van der Waals surface area (Å²) in [6, 6.07) is 0.178. The highest BCUT2D eigenvalue weighted by Gasteiger charge is 2.26. The Kier molecular flexibility index (Phi) is 5.32. The van der Waals surface area contributed by atoms with Gasteiger partial charge in [-0.15, -0.1) is 11.3 Å². The Balaban J connectivity index is 1.46. The molecule has 2 aromatic heterocycles. The van der Waals surface area contributed by atoms with E-state index in [0.29, 0.717) is 6.54 Å². The van der Waals surface area contributed by atoms with Gasteiger partial charge in [-0.1, -0.05) is 6.92 Å². The van der Waals surface area contributed by atoms with Crippen molar-refractivity contribution in [3.05, 3.63) is 27.1 Å². The third kappa shape index (κ3) is 3.55. The molecule has 2 fully saturated rings. The Morgan fingerprint density at radius 2 is 1.93 bits per heavy atom. The van der Waals surface area contributed by atoms with Gasteiger partial charge in [-0.25, -0.2) is 4.98 Å². The van der Waals surface area contributed by atoms with Crippen molar-refractivity contribution in [3.8, 4) is 0 Å². The van der Waals surface area contributed by atoms with Crippen LogP contribution in [-0.2, 0) is 11.2 Å². The number of hydrogen-bond donors (Lipinski definition) is 0. The lowest BCUT2D eigenvalue weighted by Gasteiger charge is -2.33. The maximum atomic E-state index is 13.1. The lowest BCUT2D eigenvalue weighted by Crippen LogP contribution is -2.43. The number of carbonyl (C=O) groups excluding carboxylic acids is 1. The molecule has 7 heteroatoms. The number of aromatic nitrogens is 2. The molecule has 2 aliphatic rings. The summed E-state index contributed by atoms with van der Waals surface area (Å²) >= 11 is 1.62. The van der Waals surface area contributed by atoms with Crippen molar-refractivity contribution in [2.24, 2.45) is 0 Å². The topological polar surface area (TPSA) is 58.4 Å². The standard InChI is InChI=1S/C20H28N4O2S/c1-3-16-14(2)27-19-18(16)20(26)24(13-21-19)15-6-10-22(11-7-15)12-17(25)23-8-4-5-9-23/h13,15H,3-12H2,1-2H3. The van der Waals surface area contributed by atoms with Crippen LogP contribution in [0.15, 0.2) is 11.1 Å². The van der Waals surface area contributed by atoms with Gasteiger partial charge < -0.3 is 4.90 Å². The predicted molar refractivity (Wildman–Crippen MR) is 109 cm³/mol. The van der Waals surface area contributed by atoms with Gasteiger partial charge in [-0.3, -0.25) is 19.1 Å². The van der Waals surface area contributed by atoms with E-state index in [-0.39, 0.29) is 17.5 Å². The largest absolute Gasteiger partial charge is 0.342 e. The molecule has 0 bridgehead atoms. The molecule has 0 aliphatic carbocycles. The number of hydrogen-bond acceptors (Lipinski definition) is 5. The highest BCUT2D eigenvalue weighted by molar-refractivity contribution is 7.18. The van der Waals surface area contributed by atoms with Crippen LogP contribution in [0.3, 0.4) is 0 Å². The number of thiophene rings is 1. The molecular weight excluding hydrogens is 360 g/mol. The van der Waals surface area contributed by atoms with E-state index in [1.54, 1.807) is 17.7 Å². The lowest BCUT2D eigenvalue weighted by molar-refractivity contribution is -0.131. The molecule has 4 rings (SSSR count). The Labute approximate surface area is 163 Å². The molecule has 0 N–H and O–H groups in total. The third-order valence-electron chi connectivity index (χ3n) is 6.06. The van der Waals surface area contributed by atoms with E-state index in [4.69, 9.17) is 0 Å². The van der Waals surface area contributed by atoms with E-state index in [0.717, 1.165) is 74.1 Å². The highest BCUT2D eigenvalue weighted by atomic mass is 32.1. The summed E-state index contributed by atoms with van der Waals surface area (Å²) < 4.78 is 1.84. The van der Waals surface area contributed by atoms with Crippen molar-refractivity contribution in [3.63, 3.8) is 0 Å². The summed E-state index contributed by atoms with van der Waals surface area (Å²) in [5, 5.41) is 0.814. The molecule has 2 aliphatic heterocycles. The average molecular weight is 389 g/mol. The molecule has 0 aromatic carbocycles. The zero-order chi connectivity index (χ0) is 19.0. The molecule has 0 spiro atoms. The van der Waals surface area contributed by atoms with Crippen LogP contribution in [0, 0.1) is 6.92 Å². The molecule has 146 valence electrons. The van der Waals surface area contributed by atoms with Gasteiger partial charge in [0, 0.05) is 37.1 Å². The van der Waals surface area contributed by atoms with Crippen LogP contribution in [0.25, 0.3) is 10.2 Å². The van der Waals surface area contributed by atoms with Crippen LogP contribution in [0.5, 0.6) is 0 Å².